The molecular formula is C15H18N2O5. The van der Waals surface area contributed by atoms with Crippen LogP contribution in [0.3, 0.4) is 0 Å². The number of aromatic nitrogens is 1. The van der Waals surface area contributed by atoms with Crippen molar-refractivity contribution in [2.45, 2.75) is 25.0 Å². The Balaban J connectivity index is 1.66. The number of hydrogen-bond acceptors (Lipinski definition) is 5. The van der Waals surface area contributed by atoms with Crippen LogP contribution < -0.4 is 11.1 Å². The summed E-state index contributed by atoms with van der Waals surface area (Å²) >= 11 is 0. The van der Waals surface area contributed by atoms with Crippen molar-refractivity contribution in [2.24, 2.45) is 0 Å². The maximum Gasteiger partial charge on any atom is 0.420 e. The number of fused-ring (bicyclic) bond motifs is 1. The van der Waals surface area contributed by atoms with Crippen molar-refractivity contribution >= 4 is 17.0 Å². The molecule has 0 spiro atoms. The lowest BCUT2D eigenvalue weighted by molar-refractivity contribution is -0.124. The van der Waals surface area contributed by atoms with Crippen LogP contribution in [0.2, 0.25) is 0 Å². The van der Waals surface area contributed by atoms with Crippen molar-refractivity contribution in [3.8, 4) is 0 Å². The average molecular weight is 306 g/mol. The van der Waals surface area contributed by atoms with E-state index in [2.05, 4.69) is 5.32 Å². The van der Waals surface area contributed by atoms with E-state index in [1.807, 2.05) is 0 Å². The fourth-order valence-corrected chi connectivity index (χ4v) is 2.55. The lowest BCUT2D eigenvalue weighted by Gasteiger charge is -2.32. The lowest BCUT2D eigenvalue weighted by Crippen LogP contribution is -2.47. The van der Waals surface area contributed by atoms with Gasteiger partial charge in [0.15, 0.2) is 5.58 Å². The Hall–Kier alpha value is -2.12. The number of para-hydroxylation sites is 2. The van der Waals surface area contributed by atoms with Crippen LogP contribution in [-0.2, 0) is 16.1 Å². The third-order valence-electron chi connectivity index (χ3n) is 3.91. The van der Waals surface area contributed by atoms with Crippen LogP contribution >= 0.6 is 0 Å². The second-order valence-corrected chi connectivity index (χ2v) is 5.54. The monoisotopic (exact) mass is 306 g/mol. The molecule has 0 radical (unpaired) electrons. The fourth-order valence-electron chi connectivity index (χ4n) is 2.55. The number of nitrogens with one attached hydrogen (secondary N) is 1. The van der Waals surface area contributed by atoms with E-state index < -0.39 is 11.4 Å². The molecule has 2 heterocycles. The SMILES string of the molecule is O=C(Cn1c(=O)oc2ccccc21)NCC1(O)CCOCC1. The molecule has 1 aliphatic heterocycles. The summed E-state index contributed by atoms with van der Waals surface area (Å²) in [7, 11) is 0. The van der Waals surface area contributed by atoms with Crippen molar-refractivity contribution in [2.75, 3.05) is 19.8 Å². The number of benzene rings is 1. The molecule has 22 heavy (non-hydrogen) atoms. The Bertz CT molecular complexity index is 727. The first-order valence-corrected chi connectivity index (χ1v) is 7.23. The average Bonchev–Trinajstić information content (AvgIpc) is 2.82. The quantitative estimate of drug-likeness (QED) is 0.844. The van der Waals surface area contributed by atoms with Crippen LogP contribution in [0.5, 0.6) is 0 Å². The number of nitrogens with zero attached hydrogens (tertiary/aromatic N) is 1. The van der Waals surface area contributed by atoms with E-state index in [0.717, 1.165) is 0 Å². The van der Waals surface area contributed by atoms with Crippen molar-refractivity contribution in [3.63, 3.8) is 0 Å². The number of aliphatic hydroxyl groups is 1. The molecular weight excluding hydrogens is 288 g/mol. The van der Waals surface area contributed by atoms with Gasteiger partial charge in [-0.1, -0.05) is 12.1 Å². The van der Waals surface area contributed by atoms with Gasteiger partial charge in [-0.25, -0.2) is 4.79 Å². The third-order valence-corrected chi connectivity index (χ3v) is 3.91. The molecule has 0 aliphatic carbocycles. The van der Waals surface area contributed by atoms with Gasteiger partial charge in [-0.05, 0) is 12.1 Å². The highest BCUT2D eigenvalue weighted by atomic mass is 16.5. The zero-order chi connectivity index (χ0) is 15.6. The maximum atomic E-state index is 12.0. The van der Waals surface area contributed by atoms with E-state index in [-0.39, 0.29) is 19.0 Å². The maximum absolute atomic E-state index is 12.0. The predicted molar refractivity (Wildman–Crippen MR) is 78.5 cm³/mol. The summed E-state index contributed by atoms with van der Waals surface area (Å²) in [5, 5.41) is 13.0. The predicted octanol–water partition coefficient (Wildman–Crippen LogP) is 0.252. The summed E-state index contributed by atoms with van der Waals surface area (Å²) in [4.78, 5) is 23.8. The summed E-state index contributed by atoms with van der Waals surface area (Å²) in [6.45, 7) is 0.985. The summed E-state index contributed by atoms with van der Waals surface area (Å²) < 4.78 is 11.5. The van der Waals surface area contributed by atoms with Gasteiger partial charge in [0.2, 0.25) is 5.91 Å². The van der Waals surface area contributed by atoms with Crippen LogP contribution in [0.1, 0.15) is 12.8 Å². The highest BCUT2D eigenvalue weighted by Gasteiger charge is 2.30. The number of amides is 1. The first-order valence-electron chi connectivity index (χ1n) is 7.23. The number of carbonyl (C=O) groups is 1. The van der Waals surface area contributed by atoms with E-state index in [9.17, 15) is 14.7 Å². The number of oxazole rings is 1. The van der Waals surface area contributed by atoms with Gasteiger partial charge in [0.05, 0.1) is 11.1 Å². The summed E-state index contributed by atoms with van der Waals surface area (Å²) in [6.07, 6.45) is 0.976. The molecule has 118 valence electrons. The Morgan fingerprint density at radius 1 is 1.32 bits per heavy atom. The van der Waals surface area contributed by atoms with E-state index in [0.29, 0.717) is 37.2 Å². The van der Waals surface area contributed by atoms with E-state index in [4.69, 9.17) is 9.15 Å². The van der Waals surface area contributed by atoms with E-state index in [1.165, 1.54) is 4.57 Å². The van der Waals surface area contributed by atoms with Gasteiger partial charge in [0.25, 0.3) is 0 Å². The minimum absolute atomic E-state index is 0.136. The molecule has 1 saturated heterocycles. The van der Waals surface area contributed by atoms with Crippen LogP contribution in [0.25, 0.3) is 11.1 Å². The first kappa shape index (κ1) is 14.8. The molecule has 2 aromatic rings. The van der Waals surface area contributed by atoms with Crippen LogP contribution in [-0.4, -0.2) is 40.9 Å². The molecule has 1 amide bonds. The minimum Gasteiger partial charge on any atom is -0.408 e. The Labute approximate surface area is 126 Å². The molecule has 1 aromatic heterocycles. The lowest BCUT2D eigenvalue weighted by atomic mass is 9.94. The molecule has 7 heteroatoms. The summed E-state index contributed by atoms with van der Waals surface area (Å²) in [6, 6.07) is 6.93. The van der Waals surface area contributed by atoms with Crippen LogP contribution in [0, 0.1) is 0 Å². The van der Waals surface area contributed by atoms with Gasteiger partial charge in [-0.2, -0.15) is 0 Å². The van der Waals surface area contributed by atoms with E-state index in [1.54, 1.807) is 24.3 Å². The molecule has 2 N–H and O–H groups in total. The normalized spacial score (nSPS) is 17.5. The minimum atomic E-state index is -0.933. The van der Waals surface area contributed by atoms with Gasteiger partial charge in [-0.15, -0.1) is 0 Å². The van der Waals surface area contributed by atoms with E-state index >= 15 is 0 Å². The highest BCUT2D eigenvalue weighted by Crippen LogP contribution is 2.19. The van der Waals surface area contributed by atoms with Gasteiger partial charge in [0.1, 0.15) is 6.54 Å². The highest BCUT2D eigenvalue weighted by molar-refractivity contribution is 5.79. The number of hydrogen-bond donors (Lipinski definition) is 2. The Kier molecular flexibility index (Phi) is 4.00. The number of carbonyl (C=O) groups excluding carboxylic acids is 1. The van der Waals surface area contributed by atoms with Gasteiger partial charge < -0.3 is 19.6 Å². The molecule has 0 atom stereocenters. The summed E-state index contributed by atoms with van der Waals surface area (Å²) in [5.74, 6) is -0.908. The standard InChI is InChI=1S/C15H18N2O5/c18-13(16-10-15(20)5-7-21-8-6-15)9-17-11-3-1-2-4-12(11)22-14(17)19/h1-4,20H,5-10H2,(H,16,18). The van der Waals surface area contributed by atoms with Crippen molar-refractivity contribution in [3.05, 3.63) is 34.8 Å². The molecule has 1 aromatic carbocycles. The zero-order valence-electron chi connectivity index (χ0n) is 12.1. The molecule has 0 bridgehead atoms. The van der Waals surface area contributed by atoms with Crippen molar-refractivity contribution in [1.82, 2.24) is 9.88 Å². The third kappa shape index (κ3) is 3.05. The van der Waals surface area contributed by atoms with Crippen molar-refractivity contribution < 1.29 is 19.1 Å². The van der Waals surface area contributed by atoms with Crippen molar-refractivity contribution in [1.29, 1.82) is 0 Å². The fraction of sp³-hybridized carbons (Fsp3) is 0.467. The second kappa shape index (κ2) is 5.94. The molecule has 0 saturated carbocycles. The smallest absolute Gasteiger partial charge is 0.408 e. The van der Waals surface area contributed by atoms with Gasteiger partial charge in [-0.3, -0.25) is 9.36 Å². The van der Waals surface area contributed by atoms with Gasteiger partial charge in [0, 0.05) is 32.6 Å². The molecule has 1 fully saturated rings. The van der Waals surface area contributed by atoms with Crippen LogP contribution in [0.15, 0.2) is 33.5 Å². The largest absolute Gasteiger partial charge is 0.420 e. The number of rotatable bonds is 4. The van der Waals surface area contributed by atoms with Gasteiger partial charge >= 0.3 is 5.76 Å². The molecule has 0 unspecified atom stereocenters. The Morgan fingerprint density at radius 2 is 2.05 bits per heavy atom. The first-order chi connectivity index (χ1) is 10.6. The van der Waals surface area contributed by atoms with Crippen LogP contribution in [0.4, 0.5) is 0 Å². The molecule has 1 aliphatic rings. The molecule has 3 rings (SSSR count). The molecule has 7 nitrogen and oxygen atoms in total. The topological polar surface area (TPSA) is 93.7 Å². The number of ether oxygens (including phenoxy) is 1. The summed E-state index contributed by atoms with van der Waals surface area (Å²) in [5.41, 5.74) is 0.0907. The zero-order valence-corrected chi connectivity index (χ0v) is 12.1. The second-order valence-electron chi connectivity index (χ2n) is 5.54. The Morgan fingerprint density at radius 3 is 2.82 bits per heavy atom.